The zero-order chi connectivity index (χ0) is 35.2. The summed E-state index contributed by atoms with van der Waals surface area (Å²) in [7, 11) is -2.53. The van der Waals surface area contributed by atoms with Crippen LogP contribution in [0.4, 0.5) is 0 Å². The molecule has 0 amide bonds. The van der Waals surface area contributed by atoms with Crippen LogP contribution < -0.4 is 5.30 Å². The topological polar surface area (TPSA) is 43.1 Å². The molecule has 8 aliphatic rings. The van der Waals surface area contributed by atoms with Crippen LogP contribution in [0.3, 0.4) is 0 Å². The molecular weight excluding hydrogens is 846 g/mol. The van der Waals surface area contributed by atoms with Crippen molar-refractivity contribution in [3.63, 3.8) is 0 Å². The number of aryl methyl sites for hydroxylation is 1. The Bertz CT molecular complexity index is 2050. The number of nitrogens with zero attached hydrogens (tertiary/aromatic N) is 1. The Kier molecular flexibility index (Phi) is 9.28. The van der Waals surface area contributed by atoms with E-state index >= 15 is 4.57 Å². The second-order valence-corrected chi connectivity index (χ2v) is 22.5. The number of fused-ring (bicyclic) bond motifs is 3. The molecule has 8 saturated carbocycles. The van der Waals surface area contributed by atoms with Crippen molar-refractivity contribution < 1.29 is 29.1 Å². The zero-order valence-electron chi connectivity index (χ0n) is 31.7. The molecule has 1 radical (unpaired) electrons. The maximum Gasteiger partial charge on any atom is 0.124 e. The van der Waals surface area contributed by atoms with Gasteiger partial charge in [0.25, 0.3) is 0 Å². The van der Waals surface area contributed by atoms with Gasteiger partial charge in [-0.05, 0) is 149 Å². The van der Waals surface area contributed by atoms with E-state index in [1.807, 2.05) is 25.3 Å². The van der Waals surface area contributed by atoms with Crippen molar-refractivity contribution in [2.45, 2.75) is 115 Å². The van der Waals surface area contributed by atoms with Crippen LogP contribution in [-0.4, -0.2) is 15.3 Å². The second-order valence-electron chi connectivity index (χ2n) is 19.0. The fourth-order valence-electron chi connectivity index (χ4n) is 13.7. The number of hydrogen-bond acceptors (Lipinski definition) is 3. The number of hydrogen-bond donors (Lipinski definition) is 0. The van der Waals surface area contributed by atoms with E-state index in [9.17, 15) is 0 Å². The maximum atomic E-state index is 15.9. The molecule has 0 spiro atoms. The van der Waals surface area contributed by atoms with Gasteiger partial charge < -0.3 is 14.0 Å². The van der Waals surface area contributed by atoms with E-state index < -0.39 is 7.14 Å². The zero-order valence-corrected chi connectivity index (χ0v) is 35.0. The molecule has 2 heterocycles. The number of furan rings is 1. The summed E-state index contributed by atoms with van der Waals surface area (Å²) in [5.41, 5.74) is 6.11. The number of benzene rings is 3. The summed E-state index contributed by atoms with van der Waals surface area (Å²) < 4.78 is 22.2. The van der Waals surface area contributed by atoms with E-state index in [0.717, 1.165) is 75.3 Å². The molecular formula is C48H54IrNO2P-2. The smallest absolute Gasteiger partial charge is 0.124 e. The average Bonchev–Trinajstić information content (AvgIpc) is 3.51. The monoisotopic (exact) mass is 900 g/mol. The van der Waals surface area contributed by atoms with Gasteiger partial charge in [0.05, 0.1) is 5.58 Å². The fraction of sp³-hybridized carbons (Fsp3) is 0.521. The van der Waals surface area contributed by atoms with Gasteiger partial charge in [-0.25, -0.2) is 0 Å². The van der Waals surface area contributed by atoms with E-state index in [1.54, 1.807) is 0 Å². The van der Waals surface area contributed by atoms with Crippen molar-refractivity contribution >= 4 is 34.4 Å². The van der Waals surface area contributed by atoms with E-state index in [4.69, 9.17) is 4.42 Å². The van der Waals surface area contributed by atoms with Gasteiger partial charge in [-0.3, -0.25) is 0 Å². The molecule has 0 unspecified atom stereocenters. The van der Waals surface area contributed by atoms with Gasteiger partial charge in [0, 0.05) is 42.0 Å². The summed E-state index contributed by atoms with van der Waals surface area (Å²) in [5, 5.41) is 3.73. The summed E-state index contributed by atoms with van der Waals surface area (Å²) in [5.74, 6) is 5.83. The molecule has 0 N–H and O–H groups in total. The maximum absolute atomic E-state index is 15.9. The SMILES string of the molecule is Cc1ccc(-c2[c-]ccc3c2oc2c(CC(C)C)cccc23)nc1.O=P(c1[c-]cccc1)(C12CC3CC(CC(C3)C1)C2)C12CC3CC(CC(C3)C1)C2.[Ir]. The second kappa shape index (κ2) is 13.6. The van der Waals surface area contributed by atoms with Crippen LogP contribution in [0.15, 0.2) is 77.3 Å². The minimum atomic E-state index is -2.53. The molecule has 8 fully saturated rings. The van der Waals surface area contributed by atoms with Crippen LogP contribution in [0, 0.1) is 60.5 Å². The Balaban J connectivity index is 0.000000140. The van der Waals surface area contributed by atoms with E-state index in [2.05, 4.69) is 85.6 Å². The number of para-hydroxylation sites is 1. The van der Waals surface area contributed by atoms with Crippen LogP contribution >= 0.6 is 7.14 Å². The predicted octanol–water partition coefficient (Wildman–Crippen LogP) is 12.4. The van der Waals surface area contributed by atoms with Gasteiger partial charge in [0.1, 0.15) is 12.7 Å². The quantitative estimate of drug-likeness (QED) is 0.126. The van der Waals surface area contributed by atoms with Crippen LogP contribution in [0.1, 0.15) is 102 Å². The molecule has 8 bridgehead atoms. The van der Waals surface area contributed by atoms with Crippen molar-refractivity contribution in [1.29, 1.82) is 0 Å². The van der Waals surface area contributed by atoms with Crippen molar-refractivity contribution in [2.75, 3.05) is 0 Å². The minimum Gasteiger partial charge on any atom is -0.500 e. The largest absolute Gasteiger partial charge is 0.500 e. The Morgan fingerprint density at radius 2 is 1.30 bits per heavy atom. The molecule has 5 heteroatoms. The van der Waals surface area contributed by atoms with Crippen LogP contribution in [0.2, 0.25) is 0 Å². The van der Waals surface area contributed by atoms with Crippen LogP contribution in [0.25, 0.3) is 33.2 Å². The van der Waals surface area contributed by atoms with Gasteiger partial charge in [0.15, 0.2) is 0 Å². The summed E-state index contributed by atoms with van der Waals surface area (Å²) in [6.45, 7) is 6.51. The standard InChI is InChI=1S/C26H34OP.C22H20NO.Ir/c27-28(24-4-2-1-3-5-24,25-12-18-6-19(13-25)8-20(7-18)14-25)26-15-21-9-22(16-26)11-23(10-21)17-26;1-14(2)12-16-6-4-7-17-18-8-5-9-19(22(18)24-21(16)17)20-11-10-15(3)13-23-20;/h1-4,18-23H,6-17H2;4-8,10-11,13-14H,12H2,1-3H3;/q2*-1;. The summed E-state index contributed by atoms with van der Waals surface area (Å²) in [6.07, 6.45) is 19.2. The van der Waals surface area contributed by atoms with Crippen molar-refractivity contribution in [2.24, 2.45) is 41.4 Å². The molecule has 13 rings (SSSR count). The summed E-state index contributed by atoms with van der Waals surface area (Å²) >= 11 is 0. The van der Waals surface area contributed by atoms with Crippen molar-refractivity contribution in [3.05, 3.63) is 96.2 Å². The molecule has 279 valence electrons. The Labute approximate surface area is 330 Å². The molecule has 0 aliphatic heterocycles. The summed E-state index contributed by atoms with van der Waals surface area (Å²) in [6, 6.07) is 30.0. The average molecular weight is 900 g/mol. The van der Waals surface area contributed by atoms with Gasteiger partial charge >= 0.3 is 0 Å². The summed E-state index contributed by atoms with van der Waals surface area (Å²) in [4.78, 5) is 4.55. The third kappa shape index (κ3) is 5.90. The van der Waals surface area contributed by atoms with E-state index in [-0.39, 0.29) is 30.4 Å². The first kappa shape index (κ1) is 36.1. The third-order valence-corrected chi connectivity index (χ3v) is 19.4. The van der Waals surface area contributed by atoms with Crippen molar-refractivity contribution in [3.8, 4) is 11.3 Å². The first-order chi connectivity index (χ1) is 25.2. The molecule has 2 aromatic heterocycles. The van der Waals surface area contributed by atoms with Crippen LogP contribution in [-0.2, 0) is 31.1 Å². The van der Waals surface area contributed by atoms with Gasteiger partial charge in [-0.2, -0.15) is 30.3 Å². The molecule has 0 saturated heterocycles. The van der Waals surface area contributed by atoms with E-state index in [1.165, 1.54) is 93.3 Å². The number of rotatable bonds is 6. The first-order valence-electron chi connectivity index (χ1n) is 20.6. The van der Waals surface area contributed by atoms with E-state index in [0.29, 0.717) is 5.92 Å². The normalized spacial score (nSPS) is 33.1. The fourth-order valence-corrected chi connectivity index (χ4v) is 19.4. The van der Waals surface area contributed by atoms with Crippen LogP contribution in [0.5, 0.6) is 0 Å². The van der Waals surface area contributed by atoms with Gasteiger partial charge in [0.2, 0.25) is 0 Å². The van der Waals surface area contributed by atoms with Gasteiger partial charge in [-0.1, -0.05) is 55.1 Å². The minimum absolute atomic E-state index is 0. The molecule has 8 aliphatic carbocycles. The molecule has 3 aromatic carbocycles. The van der Waals surface area contributed by atoms with Crippen molar-refractivity contribution in [1.82, 2.24) is 4.98 Å². The van der Waals surface area contributed by atoms with Gasteiger partial charge in [-0.15, -0.1) is 23.5 Å². The molecule has 53 heavy (non-hydrogen) atoms. The third-order valence-electron chi connectivity index (χ3n) is 14.7. The molecule has 5 aromatic rings. The number of pyridine rings is 1. The Morgan fingerprint density at radius 1 is 0.717 bits per heavy atom. The Hall–Kier alpha value is -2.51. The predicted molar refractivity (Wildman–Crippen MR) is 213 cm³/mol. The molecule has 0 atom stereocenters. The number of aromatic nitrogens is 1. The first-order valence-corrected chi connectivity index (χ1v) is 22.3. The Morgan fingerprint density at radius 3 is 1.81 bits per heavy atom. The molecule has 3 nitrogen and oxygen atoms in total.